The maximum atomic E-state index is 11.3. The fourth-order valence-corrected chi connectivity index (χ4v) is 4.73. The summed E-state index contributed by atoms with van der Waals surface area (Å²) in [7, 11) is 0.441. The fourth-order valence-electron chi connectivity index (χ4n) is 1.91. The summed E-state index contributed by atoms with van der Waals surface area (Å²) in [5.41, 5.74) is 0. The van der Waals surface area contributed by atoms with Gasteiger partial charge in [-0.15, -0.1) is 0 Å². The van der Waals surface area contributed by atoms with Crippen molar-refractivity contribution in [3.8, 4) is 0 Å². The highest BCUT2D eigenvalue weighted by Crippen LogP contribution is 2.16. The van der Waals surface area contributed by atoms with Gasteiger partial charge in [0.25, 0.3) is 0 Å². The first-order valence-corrected chi connectivity index (χ1v) is 13.6. The Morgan fingerprint density at radius 2 is 1.63 bits per heavy atom. The molecular formula is C13H31NO3Si2. The molecule has 0 fully saturated rings. The predicted molar refractivity (Wildman–Crippen MR) is 85.5 cm³/mol. The zero-order chi connectivity index (χ0) is 15.1. The topological polar surface area (TPSA) is 38.8 Å². The third-order valence-electron chi connectivity index (χ3n) is 3.52. The first-order chi connectivity index (χ1) is 8.62. The van der Waals surface area contributed by atoms with Crippen LogP contribution in [0.2, 0.25) is 38.8 Å². The summed E-state index contributed by atoms with van der Waals surface area (Å²) in [6.07, 6.45) is 1.64. The summed E-state index contributed by atoms with van der Waals surface area (Å²) in [4.78, 5) is 11.3. The van der Waals surface area contributed by atoms with Crippen LogP contribution in [0.4, 0.5) is 0 Å². The summed E-state index contributed by atoms with van der Waals surface area (Å²) in [6, 6.07) is 1.17. The van der Waals surface area contributed by atoms with Gasteiger partial charge in [-0.3, -0.25) is 4.79 Å². The normalized spacial score (nSPS) is 12.8. The van der Waals surface area contributed by atoms with Gasteiger partial charge < -0.3 is 13.7 Å². The largest absolute Gasteiger partial charge is 0.469 e. The number of esters is 1. The molecule has 0 saturated carbocycles. The second-order valence-corrected chi connectivity index (χ2v) is 16.0. The van der Waals surface area contributed by atoms with E-state index in [1.807, 2.05) is 7.11 Å². The number of hydrogen-bond acceptors (Lipinski definition) is 4. The molecule has 0 N–H and O–H groups in total. The minimum absolute atomic E-state index is 0.116. The van der Waals surface area contributed by atoms with Crippen LogP contribution in [0.15, 0.2) is 0 Å². The second kappa shape index (κ2) is 8.19. The Hall–Kier alpha value is -0.176. The van der Waals surface area contributed by atoms with Gasteiger partial charge in [0, 0.05) is 13.7 Å². The third-order valence-corrected chi connectivity index (χ3v) is 8.53. The van der Waals surface area contributed by atoms with E-state index in [1.165, 1.54) is 13.2 Å². The molecule has 4 nitrogen and oxygen atoms in total. The third kappa shape index (κ3) is 8.57. The van der Waals surface area contributed by atoms with E-state index in [0.717, 1.165) is 19.5 Å². The van der Waals surface area contributed by atoms with Crippen LogP contribution in [0.3, 0.4) is 0 Å². The molecule has 0 aliphatic rings. The van der Waals surface area contributed by atoms with E-state index in [-0.39, 0.29) is 5.97 Å². The van der Waals surface area contributed by atoms with Crippen LogP contribution in [0, 0.1) is 0 Å². The van der Waals surface area contributed by atoms with Crippen LogP contribution >= 0.6 is 0 Å². The lowest BCUT2D eigenvalue weighted by Crippen LogP contribution is -2.47. The highest BCUT2D eigenvalue weighted by atomic mass is 28.4. The van der Waals surface area contributed by atoms with Gasteiger partial charge >= 0.3 is 5.97 Å². The van der Waals surface area contributed by atoms with E-state index < -0.39 is 16.6 Å². The van der Waals surface area contributed by atoms with E-state index in [1.54, 1.807) is 0 Å². The number of hydrogen-bond donors (Lipinski definition) is 0. The monoisotopic (exact) mass is 305 g/mol. The SMILES string of the molecule is COC(=O)CCN(CCC[Si](C)(C)OC)[Si](C)(C)C. The lowest BCUT2D eigenvalue weighted by molar-refractivity contribution is -0.140. The van der Waals surface area contributed by atoms with Gasteiger partial charge in [0.15, 0.2) is 8.32 Å². The second-order valence-electron chi connectivity index (χ2n) is 6.55. The summed E-state index contributed by atoms with van der Waals surface area (Å²) < 4.78 is 12.8. The Labute approximate surface area is 120 Å². The van der Waals surface area contributed by atoms with E-state index in [0.29, 0.717) is 6.42 Å². The number of methoxy groups -OCH3 is 1. The van der Waals surface area contributed by atoms with Gasteiger partial charge in [-0.2, -0.15) is 0 Å². The Kier molecular flexibility index (Phi) is 8.11. The van der Waals surface area contributed by atoms with Crippen molar-refractivity contribution in [2.24, 2.45) is 0 Å². The molecule has 0 bridgehead atoms. The molecular weight excluding hydrogens is 274 g/mol. The molecule has 0 aromatic rings. The number of nitrogens with zero attached hydrogens (tertiary/aromatic N) is 1. The zero-order valence-corrected chi connectivity index (χ0v) is 15.7. The van der Waals surface area contributed by atoms with Crippen molar-refractivity contribution in [3.05, 3.63) is 0 Å². The Morgan fingerprint density at radius 1 is 1.05 bits per heavy atom. The number of ether oxygens (including phenoxy) is 1. The average Bonchev–Trinajstić information content (AvgIpc) is 2.31. The van der Waals surface area contributed by atoms with Crippen molar-refractivity contribution < 1.29 is 14.0 Å². The van der Waals surface area contributed by atoms with Crippen molar-refractivity contribution in [2.75, 3.05) is 27.3 Å². The molecule has 0 radical (unpaired) electrons. The molecule has 0 unspecified atom stereocenters. The molecule has 0 rings (SSSR count). The molecule has 6 heteroatoms. The quantitative estimate of drug-likeness (QED) is 0.485. The highest BCUT2D eigenvalue weighted by Gasteiger charge is 2.26. The average molecular weight is 306 g/mol. The maximum absolute atomic E-state index is 11.3. The molecule has 0 heterocycles. The molecule has 0 atom stereocenters. The first kappa shape index (κ1) is 18.8. The summed E-state index contributed by atoms with van der Waals surface area (Å²) >= 11 is 0. The molecule has 0 aromatic heterocycles. The van der Waals surface area contributed by atoms with Crippen molar-refractivity contribution in [1.82, 2.24) is 4.57 Å². The van der Waals surface area contributed by atoms with Crippen molar-refractivity contribution in [2.45, 2.75) is 51.6 Å². The van der Waals surface area contributed by atoms with Crippen LogP contribution in [0.25, 0.3) is 0 Å². The minimum atomic E-state index is -1.46. The molecule has 0 amide bonds. The minimum Gasteiger partial charge on any atom is -0.469 e. The van der Waals surface area contributed by atoms with Gasteiger partial charge in [-0.25, -0.2) is 0 Å². The van der Waals surface area contributed by atoms with Crippen LogP contribution in [-0.4, -0.2) is 54.4 Å². The number of carbonyl (C=O) groups excluding carboxylic acids is 1. The van der Waals surface area contributed by atoms with Gasteiger partial charge in [-0.1, -0.05) is 19.6 Å². The lowest BCUT2D eigenvalue weighted by Gasteiger charge is -2.34. The Bertz CT molecular complexity index is 278. The Balaban J connectivity index is 4.26. The number of carbonyl (C=O) groups is 1. The lowest BCUT2D eigenvalue weighted by atomic mass is 10.4. The van der Waals surface area contributed by atoms with Crippen molar-refractivity contribution in [3.63, 3.8) is 0 Å². The van der Waals surface area contributed by atoms with Gasteiger partial charge in [0.1, 0.15) is 8.24 Å². The molecule has 0 aliphatic carbocycles. The zero-order valence-electron chi connectivity index (χ0n) is 13.7. The molecule has 0 spiro atoms. The maximum Gasteiger partial charge on any atom is 0.306 e. The smallest absolute Gasteiger partial charge is 0.306 e. The molecule has 0 aromatic carbocycles. The van der Waals surface area contributed by atoms with Gasteiger partial charge in [0.05, 0.1) is 13.5 Å². The van der Waals surface area contributed by atoms with Crippen molar-refractivity contribution in [1.29, 1.82) is 0 Å². The van der Waals surface area contributed by atoms with Crippen LogP contribution in [0.1, 0.15) is 12.8 Å². The molecule has 114 valence electrons. The summed E-state index contributed by atoms with van der Waals surface area (Å²) in [5, 5.41) is 0. The summed E-state index contributed by atoms with van der Waals surface area (Å²) in [6.45, 7) is 13.3. The molecule has 0 aliphatic heterocycles. The number of rotatable bonds is 9. The fraction of sp³-hybridized carbons (Fsp3) is 0.923. The van der Waals surface area contributed by atoms with E-state index in [2.05, 4.69) is 37.3 Å². The van der Waals surface area contributed by atoms with Crippen LogP contribution in [0.5, 0.6) is 0 Å². The van der Waals surface area contributed by atoms with Crippen LogP contribution in [-0.2, 0) is 14.0 Å². The van der Waals surface area contributed by atoms with Crippen molar-refractivity contribution >= 4 is 22.5 Å². The first-order valence-electron chi connectivity index (χ1n) is 6.99. The van der Waals surface area contributed by atoms with E-state index >= 15 is 0 Å². The standard InChI is InChI=1S/C13H31NO3Si2/c1-16-13(15)9-11-14(18(3,4)5)10-8-12-19(6,7)17-2/h8-12H2,1-7H3. The van der Waals surface area contributed by atoms with E-state index in [4.69, 9.17) is 9.16 Å². The van der Waals surface area contributed by atoms with Gasteiger partial charge in [-0.05, 0) is 32.1 Å². The highest BCUT2D eigenvalue weighted by molar-refractivity contribution is 6.73. The molecule has 19 heavy (non-hydrogen) atoms. The predicted octanol–water partition coefficient (Wildman–Crippen LogP) is 2.93. The summed E-state index contributed by atoms with van der Waals surface area (Å²) in [5.74, 6) is -0.116. The van der Waals surface area contributed by atoms with E-state index in [9.17, 15) is 4.79 Å². The van der Waals surface area contributed by atoms with Gasteiger partial charge in [0.2, 0.25) is 0 Å². The van der Waals surface area contributed by atoms with Crippen LogP contribution < -0.4 is 0 Å². The Morgan fingerprint density at radius 3 is 2.05 bits per heavy atom. The molecule has 0 saturated heterocycles.